The Labute approximate surface area is 170 Å². The van der Waals surface area contributed by atoms with Crippen LogP contribution in [-0.2, 0) is 21.9 Å². The fourth-order valence-corrected chi connectivity index (χ4v) is 2.36. The van der Waals surface area contributed by atoms with Crippen LogP contribution in [0.15, 0.2) is 60.7 Å². The van der Waals surface area contributed by atoms with Crippen molar-refractivity contribution in [2.24, 2.45) is 0 Å². The average molecular weight is 328 g/mol. The molecule has 0 aliphatic rings. The smallest absolute Gasteiger partial charge is 0.786 e. The van der Waals surface area contributed by atoms with Crippen molar-refractivity contribution in [3.63, 3.8) is 0 Å². The molecule has 5 heteroatoms. The van der Waals surface area contributed by atoms with Gasteiger partial charge in [0, 0.05) is 0 Å². The molecule has 2 aromatic carbocycles. The van der Waals surface area contributed by atoms with Crippen LogP contribution < -0.4 is 56.3 Å². The normalized spacial score (nSPS) is 10.4. The van der Waals surface area contributed by atoms with E-state index in [2.05, 4.69) is 0 Å². The zero-order valence-corrected chi connectivity index (χ0v) is 16.3. The Bertz CT molecular complexity index is 436. The van der Waals surface area contributed by atoms with Crippen molar-refractivity contribution in [1.29, 1.82) is 0 Å². The molecule has 0 aromatic heterocycles. The molecule has 0 fully saturated rings. The van der Waals surface area contributed by atoms with Gasteiger partial charge in [-0.05, 0) is 24.0 Å². The van der Waals surface area contributed by atoms with Gasteiger partial charge in [0.1, 0.15) is 0 Å². The zero-order valence-electron chi connectivity index (χ0n) is 12.3. The molecule has 106 valence electrons. The molecule has 0 atom stereocenters. The molecule has 0 heterocycles. The SMILES string of the molecule is [K+].[O-]P(OCCc1ccccc1)OCCc1ccccc1. The predicted molar refractivity (Wildman–Crippen MR) is 79.1 cm³/mol. The molecule has 2 rings (SSSR count). The van der Waals surface area contributed by atoms with Gasteiger partial charge in [0.15, 0.2) is 0 Å². The summed E-state index contributed by atoms with van der Waals surface area (Å²) in [4.78, 5) is 11.5. The minimum Gasteiger partial charge on any atom is -0.786 e. The fraction of sp³-hybridized carbons (Fsp3) is 0.250. The van der Waals surface area contributed by atoms with Crippen LogP contribution in [0.2, 0.25) is 0 Å². The van der Waals surface area contributed by atoms with E-state index >= 15 is 0 Å². The van der Waals surface area contributed by atoms with E-state index in [1.54, 1.807) is 0 Å². The molecule has 0 unspecified atom stereocenters. The van der Waals surface area contributed by atoms with Crippen LogP contribution in [0.4, 0.5) is 0 Å². The van der Waals surface area contributed by atoms with E-state index in [0.29, 0.717) is 13.2 Å². The van der Waals surface area contributed by atoms with Crippen molar-refractivity contribution < 1.29 is 65.3 Å². The maximum absolute atomic E-state index is 11.5. The maximum atomic E-state index is 11.5. The molecule has 21 heavy (non-hydrogen) atoms. The summed E-state index contributed by atoms with van der Waals surface area (Å²) in [6.45, 7) is 0.815. The van der Waals surface area contributed by atoms with Gasteiger partial charge in [-0.15, -0.1) is 0 Å². The summed E-state index contributed by atoms with van der Waals surface area (Å²) in [5.74, 6) is 0. The molecule has 0 saturated heterocycles. The summed E-state index contributed by atoms with van der Waals surface area (Å²) in [5, 5.41) is 0. The van der Waals surface area contributed by atoms with E-state index in [0.717, 1.165) is 12.8 Å². The number of hydrogen-bond donors (Lipinski definition) is 0. The quantitative estimate of drug-likeness (QED) is 0.510. The van der Waals surface area contributed by atoms with Crippen LogP contribution in [-0.4, -0.2) is 13.2 Å². The van der Waals surface area contributed by atoms with E-state index in [4.69, 9.17) is 9.05 Å². The van der Waals surface area contributed by atoms with Gasteiger partial charge in [0.25, 0.3) is 0 Å². The third kappa shape index (κ3) is 8.55. The van der Waals surface area contributed by atoms with Crippen molar-refractivity contribution in [2.45, 2.75) is 12.8 Å². The van der Waals surface area contributed by atoms with Gasteiger partial charge in [-0.2, -0.15) is 0 Å². The molecule has 0 aliphatic heterocycles. The average Bonchev–Trinajstić information content (AvgIpc) is 2.49. The van der Waals surface area contributed by atoms with E-state index in [1.807, 2.05) is 60.7 Å². The van der Waals surface area contributed by atoms with Gasteiger partial charge in [0.05, 0.1) is 21.8 Å². The van der Waals surface area contributed by atoms with Gasteiger partial charge >= 0.3 is 51.4 Å². The minimum atomic E-state index is -2.02. The first kappa shape index (κ1) is 19.4. The molecule has 0 radical (unpaired) electrons. The third-order valence-corrected chi connectivity index (χ3v) is 3.65. The monoisotopic (exact) mass is 328 g/mol. The topological polar surface area (TPSA) is 41.5 Å². The Balaban J connectivity index is 0.00000220. The summed E-state index contributed by atoms with van der Waals surface area (Å²) in [7, 11) is -2.02. The van der Waals surface area contributed by atoms with Crippen molar-refractivity contribution in [1.82, 2.24) is 0 Å². The third-order valence-electron chi connectivity index (χ3n) is 2.86. The molecular weight excluding hydrogens is 310 g/mol. The van der Waals surface area contributed by atoms with Crippen LogP contribution in [0.5, 0.6) is 0 Å². The van der Waals surface area contributed by atoms with Gasteiger partial charge in [0.2, 0.25) is 0 Å². The maximum Gasteiger partial charge on any atom is 1.00 e. The van der Waals surface area contributed by atoms with Crippen LogP contribution in [0.3, 0.4) is 0 Å². The molecule has 0 amide bonds. The molecule has 2 aromatic rings. The van der Waals surface area contributed by atoms with E-state index in [-0.39, 0.29) is 51.4 Å². The van der Waals surface area contributed by atoms with Gasteiger partial charge in [-0.1, -0.05) is 60.7 Å². The summed E-state index contributed by atoms with van der Waals surface area (Å²) >= 11 is 0. The van der Waals surface area contributed by atoms with Gasteiger partial charge in [-0.3, -0.25) is 0 Å². The summed E-state index contributed by atoms with van der Waals surface area (Å²) in [6.07, 6.45) is 1.48. The van der Waals surface area contributed by atoms with E-state index < -0.39 is 8.60 Å². The molecule has 0 spiro atoms. The van der Waals surface area contributed by atoms with Crippen molar-refractivity contribution >= 4 is 8.60 Å². The van der Waals surface area contributed by atoms with Crippen LogP contribution in [0.25, 0.3) is 0 Å². The van der Waals surface area contributed by atoms with Crippen LogP contribution in [0, 0.1) is 0 Å². The number of benzene rings is 2. The zero-order chi connectivity index (χ0) is 14.0. The van der Waals surface area contributed by atoms with Crippen molar-refractivity contribution in [2.75, 3.05) is 13.2 Å². The molecule has 0 bridgehead atoms. The molecule has 0 N–H and O–H groups in total. The Hall–Kier alpha value is 0.386. The van der Waals surface area contributed by atoms with E-state index in [9.17, 15) is 4.89 Å². The first-order chi connectivity index (χ1) is 9.84. The minimum absolute atomic E-state index is 0. The van der Waals surface area contributed by atoms with Crippen molar-refractivity contribution in [3.05, 3.63) is 71.8 Å². The van der Waals surface area contributed by atoms with Crippen molar-refractivity contribution in [3.8, 4) is 0 Å². The fourth-order valence-electron chi connectivity index (χ4n) is 1.80. The molecule has 3 nitrogen and oxygen atoms in total. The molecule has 0 aliphatic carbocycles. The Morgan fingerprint density at radius 2 is 1.10 bits per heavy atom. The second-order valence-corrected chi connectivity index (χ2v) is 5.32. The summed E-state index contributed by atoms with van der Waals surface area (Å²) in [5.41, 5.74) is 2.33. The second-order valence-electron chi connectivity index (χ2n) is 4.36. The molecular formula is C16H18KO3P. The van der Waals surface area contributed by atoms with Crippen LogP contribution >= 0.6 is 8.60 Å². The summed E-state index contributed by atoms with van der Waals surface area (Å²) in [6, 6.07) is 19.9. The first-order valence-electron chi connectivity index (χ1n) is 6.65. The number of hydrogen-bond acceptors (Lipinski definition) is 3. The molecule has 0 saturated carbocycles. The standard InChI is InChI=1S/C16H18O3P.K/c17-20(18-13-11-15-7-3-1-4-8-15)19-14-12-16-9-5-2-6-10-16;/h1-10H,11-14H2;/q-1;+1. The van der Waals surface area contributed by atoms with E-state index in [1.165, 1.54) is 11.1 Å². The predicted octanol–water partition coefficient (Wildman–Crippen LogP) is 0.0962. The largest absolute Gasteiger partial charge is 1.00 e. The Morgan fingerprint density at radius 1 is 0.714 bits per heavy atom. The van der Waals surface area contributed by atoms with Gasteiger partial charge < -0.3 is 13.9 Å². The Morgan fingerprint density at radius 3 is 1.48 bits per heavy atom. The Kier molecular flexibility index (Phi) is 11.0. The van der Waals surface area contributed by atoms with Crippen LogP contribution in [0.1, 0.15) is 11.1 Å². The second kappa shape index (κ2) is 11.9. The number of rotatable bonds is 8. The first-order valence-corrected chi connectivity index (χ1v) is 7.75. The summed E-state index contributed by atoms with van der Waals surface area (Å²) < 4.78 is 10.3. The van der Waals surface area contributed by atoms with Gasteiger partial charge in [-0.25, -0.2) is 0 Å².